The number of hydrogen-bond donors (Lipinski definition) is 1. The Morgan fingerprint density at radius 1 is 1.05 bits per heavy atom. The molecule has 39 heavy (non-hydrogen) atoms. The SMILES string of the molecule is CCOc1cccc(/C(O)=C2\C(=O)C(=O)N(c3nc4c(C)cc(C)cc4s3)C2c2ccc(C(=O)OC)cc2)c1. The zero-order chi connectivity index (χ0) is 27.8. The lowest BCUT2D eigenvalue weighted by molar-refractivity contribution is -0.132. The van der Waals surface area contributed by atoms with Gasteiger partial charge in [0.2, 0.25) is 0 Å². The second-order valence-corrected chi connectivity index (χ2v) is 10.2. The van der Waals surface area contributed by atoms with Crippen LogP contribution in [-0.2, 0) is 14.3 Å². The molecule has 1 aromatic heterocycles. The lowest BCUT2D eigenvalue weighted by Crippen LogP contribution is -2.29. The predicted molar refractivity (Wildman–Crippen MR) is 149 cm³/mol. The van der Waals surface area contributed by atoms with E-state index in [-0.39, 0.29) is 11.3 Å². The number of Topliss-reactive ketones (excluding diaryl/α,β-unsaturated/α-hetero) is 1. The molecule has 4 aromatic rings. The van der Waals surface area contributed by atoms with Gasteiger partial charge in [0.05, 0.1) is 41.1 Å². The Bertz CT molecular complexity index is 1650. The number of esters is 1. The molecule has 0 bridgehead atoms. The Kier molecular flexibility index (Phi) is 6.93. The number of carbonyl (C=O) groups excluding carboxylic acids is 3. The van der Waals surface area contributed by atoms with Crippen LogP contribution in [0.15, 0.2) is 66.2 Å². The summed E-state index contributed by atoms with van der Waals surface area (Å²) < 4.78 is 11.2. The molecule has 1 amide bonds. The van der Waals surface area contributed by atoms with Gasteiger partial charge in [-0.25, -0.2) is 9.78 Å². The molecule has 1 aliphatic rings. The summed E-state index contributed by atoms with van der Waals surface area (Å²) in [6.07, 6.45) is 0. The largest absolute Gasteiger partial charge is 0.507 e. The number of carbonyl (C=O) groups is 3. The minimum atomic E-state index is -0.977. The molecule has 8 nitrogen and oxygen atoms in total. The van der Waals surface area contributed by atoms with Crippen molar-refractivity contribution in [3.63, 3.8) is 0 Å². The molecule has 1 aliphatic heterocycles. The van der Waals surface area contributed by atoms with Crippen molar-refractivity contribution in [1.29, 1.82) is 0 Å². The van der Waals surface area contributed by atoms with E-state index in [9.17, 15) is 19.5 Å². The zero-order valence-electron chi connectivity index (χ0n) is 21.8. The maximum atomic E-state index is 13.6. The number of ether oxygens (including phenoxy) is 2. The second kappa shape index (κ2) is 10.3. The Hall–Kier alpha value is -4.50. The van der Waals surface area contributed by atoms with Gasteiger partial charge < -0.3 is 14.6 Å². The third-order valence-electron chi connectivity index (χ3n) is 6.54. The highest BCUT2D eigenvalue weighted by Gasteiger charge is 2.48. The molecule has 1 unspecified atom stereocenters. The van der Waals surface area contributed by atoms with Crippen molar-refractivity contribution in [3.05, 3.63) is 94.1 Å². The first-order valence-corrected chi connectivity index (χ1v) is 13.2. The van der Waals surface area contributed by atoms with Gasteiger partial charge in [0.15, 0.2) is 5.13 Å². The van der Waals surface area contributed by atoms with Crippen molar-refractivity contribution in [2.45, 2.75) is 26.8 Å². The number of rotatable bonds is 6. The number of aliphatic hydroxyl groups is 1. The number of methoxy groups -OCH3 is 1. The first-order valence-electron chi connectivity index (χ1n) is 12.3. The fourth-order valence-corrected chi connectivity index (χ4v) is 5.95. The van der Waals surface area contributed by atoms with Gasteiger partial charge in [-0.15, -0.1) is 0 Å². The fourth-order valence-electron chi connectivity index (χ4n) is 4.78. The number of fused-ring (bicyclic) bond motifs is 1. The number of benzene rings is 3. The normalized spacial score (nSPS) is 16.6. The van der Waals surface area contributed by atoms with Crippen LogP contribution in [0.5, 0.6) is 5.75 Å². The van der Waals surface area contributed by atoms with Crippen molar-refractivity contribution in [2.24, 2.45) is 0 Å². The van der Waals surface area contributed by atoms with Gasteiger partial charge in [-0.2, -0.15) is 0 Å². The Morgan fingerprint density at radius 3 is 2.49 bits per heavy atom. The average molecular weight is 543 g/mol. The van der Waals surface area contributed by atoms with E-state index < -0.39 is 23.7 Å². The molecular formula is C30H26N2O6S. The van der Waals surface area contributed by atoms with Crippen molar-refractivity contribution < 1.29 is 29.0 Å². The fraction of sp³-hybridized carbons (Fsp3) is 0.200. The third-order valence-corrected chi connectivity index (χ3v) is 7.54. The van der Waals surface area contributed by atoms with Crippen molar-refractivity contribution >= 4 is 50.1 Å². The molecule has 5 rings (SSSR count). The van der Waals surface area contributed by atoms with Crippen molar-refractivity contribution in [3.8, 4) is 5.75 Å². The highest BCUT2D eigenvalue weighted by Crippen LogP contribution is 2.45. The van der Waals surface area contributed by atoms with E-state index in [1.54, 1.807) is 48.5 Å². The molecule has 1 fully saturated rings. The monoisotopic (exact) mass is 542 g/mol. The smallest absolute Gasteiger partial charge is 0.337 e. The molecule has 198 valence electrons. The maximum absolute atomic E-state index is 13.6. The summed E-state index contributed by atoms with van der Waals surface area (Å²) in [5.74, 6) is -1.95. The van der Waals surface area contributed by atoms with Crippen molar-refractivity contribution in [2.75, 3.05) is 18.6 Å². The van der Waals surface area contributed by atoms with E-state index in [4.69, 9.17) is 14.5 Å². The van der Waals surface area contributed by atoms with E-state index in [1.165, 1.54) is 23.3 Å². The zero-order valence-corrected chi connectivity index (χ0v) is 22.7. The molecule has 0 aliphatic carbocycles. The number of aryl methyl sites for hydroxylation is 2. The number of nitrogens with zero attached hydrogens (tertiary/aromatic N) is 2. The standard InChI is InChI=1S/C30H26N2O6S/c1-5-38-21-8-6-7-20(15-21)26(33)23-25(18-9-11-19(12-10-18)29(36)37-4)32(28(35)27(23)34)30-31-24-17(3)13-16(2)14-22(24)39-30/h6-15,25,33H,5H2,1-4H3/b26-23+. The molecule has 1 saturated heterocycles. The van der Waals surface area contributed by atoms with Crippen LogP contribution < -0.4 is 9.64 Å². The number of aliphatic hydroxyl groups excluding tert-OH is 1. The summed E-state index contributed by atoms with van der Waals surface area (Å²) in [5, 5.41) is 11.8. The summed E-state index contributed by atoms with van der Waals surface area (Å²) in [5.41, 5.74) is 3.85. The predicted octanol–water partition coefficient (Wildman–Crippen LogP) is 5.72. The van der Waals surface area contributed by atoms with Gasteiger partial charge >= 0.3 is 11.9 Å². The van der Waals surface area contributed by atoms with Crippen LogP contribution in [-0.4, -0.2) is 41.5 Å². The molecule has 0 radical (unpaired) electrons. The van der Waals surface area contributed by atoms with E-state index in [0.29, 0.717) is 34.2 Å². The Labute approximate surface area is 229 Å². The summed E-state index contributed by atoms with van der Waals surface area (Å²) in [6, 6.07) is 16.1. The van der Waals surface area contributed by atoms with Gasteiger partial charge in [0, 0.05) is 5.56 Å². The van der Waals surface area contributed by atoms with Gasteiger partial charge in [-0.05, 0) is 67.8 Å². The van der Waals surface area contributed by atoms with Crippen LogP contribution in [0.4, 0.5) is 5.13 Å². The molecular weight excluding hydrogens is 516 g/mol. The van der Waals surface area contributed by atoms with Crippen molar-refractivity contribution in [1.82, 2.24) is 4.98 Å². The number of aromatic nitrogens is 1. The summed E-state index contributed by atoms with van der Waals surface area (Å²) in [7, 11) is 1.29. The van der Waals surface area contributed by atoms with Crippen LogP contribution in [0.3, 0.4) is 0 Å². The van der Waals surface area contributed by atoms with Crippen LogP contribution in [0.2, 0.25) is 0 Å². The average Bonchev–Trinajstić information content (AvgIpc) is 3.46. The summed E-state index contributed by atoms with van der Waals surface area (Å²) in [4.78, 5) is 45.2. The minimum Gasteiger partial charge on any atom is -0.507 e. The molecule has 1 atom stereocenters. The number of hydrogen-bond acceptors (Lipinski definition) is 8. The summed E-state index contributed by atoms with van der Waals surface area (Å²) in [6.45, 7) is 6.20. The van der Waals surface area contributed by atoms with Crippen LogP contribution in [0.25, 0.3) is 16.0 Å². The van der Waals surface area contributed by atoms with Gasteiger partial charge in [-0.3, -0.25) is 14.5 Å². The topological polar surface area (TPSA) is 106 Å². The summed E-state index contributed by atoms with van der Waals surface area (Å²) >= 11 is 1.30. The highest BCUT2D eigenvalue weighted by molar-refractivity contribution is 7.22. The Morgan fingerprint density at radius 2 is 1.79 bits per heavy atom. The van der Waals surface area contributed by atoms with Crippen LogP contribution >= 0.6 is 11.3 Å². The molecule has 3 aromatic carbocycles. The number of ketones is 1. The van der Waals surface area contributed by atoms with Gasteiger partial charge in [0.25, 0.3) is 5.78 Å². The van der Waals surface area contributed by atoms with Gasteiger partial charge in [0.1, 0.15) is 11.5 Å². The first-order chi connectivity index (χ1) is 18.7. The van der Waals surface area contributed by atoms with Crippen LogP contribution in [0.1, 0.15) is 45.6 Å². The molecule has 0 spiro atoms. The number of amides is 1. The molecule has 2 heterocycles. The van der Waals surface area contributed by atoms with Gasteiger partial charge in [-0.1, -0.05) is 41.7 Å². The van der Waals surface area contributed by atoms with E-state index in [2.05, 4.69) is 0 Å². The number of thiazole rings is 1. The van der Waals surface area contributed by atoms with E-state index in [0.717, 1.165) is 21.3 Å². The first kappa shape index (κ1) is 26.1. The van der Waals surface area contributed by atoms with E-state index >= 15 is 0 Å². The van der Waals surface area contributed by atoms with Crippen LogP contribution in [0, 0.1) is 13.8 Å². The maximum Gasteiger partial charge on any atom is 0.337 e. The molecule has 9 heteroatoms. The molecule has 0 saturated carbocycles. The lowest BCUT2D eigenvalue weighted by atomic mass is 9.94. The lowest BCUT2D eigenvalue weighted by Gasteiger charge is -2.23. The Balaban J connectivity index is 1.71. The van der Waals surface area contributed by atoms with E-state index in [1.807, 2.05) is 32.9 Å². The number of anilines is 1. The second-order valence-electron chi connectivity index (χ2n) is 9.17. The minimum absolute atomic E-state index is 0.0772. The quantitative estimate of drug-likeness (QED) is 0.144. The third kappa shape index (κ3) is 4.66. The highest BCUT2D eigenvalue weighted by atomic mass is 32.1. The molecule has 1 N–H and O–H groups in total.